The number of ether oxygens (including phenoxy) is 1. The first-order valence-electron chi connectivity index (χ1n) is 11.5. The van der Waals surface area contributed by atoms with Crippen molar-refractivity contribution >= 4 is 28.8 Å². The largest absolute Gasteiger partial charge is 0.493 e. The van der Waals surface area contributed by atoms with Gasteiger partial charge in [-0.1, -0.05) is 50.2 Å². The van der Waals surface area contributed by atoms with Crippen LogP contribution in [0.25, 0.3) is 5.57 Å². The Morgan fingerprint density at radius 3 is 2.12 bits per heavy atom. The zero-order valence-corrected chi connectivity index (χ0v) is 20.3. The number of rotatable bonds is 7. The number of anilines is 2. The normalized spacial score (nSPS) is 13.8. The second-order valence-electron chi connectivity index (χ2n) is 9.21. The fraction of sp³-hybridized carbons (Fsp3) is 0.241. The summed E-state index contributed by atoms with van der Waals surface area (Å²) in [7, 11) is 0. The first-order valence-corrected chi connectivity index (χ1v) is 11.5. The SMILES string of the molecule is Cc1cc(C)cc(NC2=C(c3ccc(OCC(C)C)cc3)C(=O)N(c3ccccc3C)C2=O)c1. The molecule has 174 valence electrons. The molecule has 0 saturated carbocycles. The number of hydrogen-bond acceptors (Lipinski definition) is 4. The topological polar surface area (TPSA) is 58.6 Å². The summed E-state index contributed by atoms with van der Waals surface area (Å²) in [6, 6.07) is 20.8. The van der Waals surface area contributed by atoms with Crippen molar-refractivity contribution in [3.8, 4) is 5.75 Å². The van der Waals surface area contributed by atoms with Gasteiger partial charge in [-0.3, -0.25) is 9.59 Å². The molecule has 3 aromatic rings. The van der Waals surface area contributed by atoms with E-state index in [0.717, 1.165) is 28.1 Å². The lowest BCUT2D eigenvalue weighted by Crippen LogP contribution is -2.33. The van der Waals surface area contributed by atoms with Crippen LogP contribution < -0.4 is 15.0 Å². The molecule has 1 N–H and O–H groups in total. The van der Waals surface area contributed by atoms with Gasteiger partial charge >= 0.3 is 0 Å². The van der Waals surface area contributed by atoms with E-state index in [1.807, 2.05) is 75.4 Å². The van der Waals surface area contributed by atoms with E-state index in [-0.39, 0.29) is 17.5 Å². The number of aryl methyl sites for hydroxylation is 3. The highest BCUT2D eigenvalue weighted by Crippen LogP contribution is 2.35. The third kappa shape index (κ3) is 4.74. The highest BCUT2D eigenvalue weighted by Gasteiger charge is 2.40. The first-order chi connectivity index (χ1) is 16.2. The van der Waals surface area contributed by atoms with Crippen molar-refractivity contribution in [3.63, 3.8) is 0 Å². The predicted molar refractivity (Wildman–Crippen MR) is 137 cm³/mol. The van der Waals surface area contributed by atoms with Gasteiger partial charge in [0.1, 0.15) is 11.4 Å². The molecule has 0 saturated heterocycles. The molecule has 1 aliphatic rings. The summed E-state index contributed by atoms with van der Waals surface area (Å²) in [6.45, 7) is 10.7. The molecule has 3 aromatic carbocycles. The fourth-order valence-corrected chi connectivity index (χ4v) is 4.12. The zero-order valence-electron chi connectivity index (χ0n) is 20.3. The molecule has 0 unspecified atom stereocenters. The summed E-state index contributed by atoms with van der Waals surface area (Å²) in [5.41, 5.74) is 5.65. The van der Waals surface area contributed by atoms with Crippen LogP contribution in [0.2, 0.25) is 0 Å². The lowest BCUT2D eigenvalue weighted by atomic mass is 10.0. The van der Waals surface area contributed by atoms with Crippen LogP contribution in [-0.2, 0) is 9.59 Å². The van der Waals surface area contributed by atoms with Gasteiger partial charge in [0.25, 0.3) is 11.8 Å². The van der Waals surface area contributed by atoms with Crippen LogP contribution >= 0.6 is 0 Å². The zero-order chi connectivity index (χ0) is 24.4. The maximum absolute atomic E-state index is 13.7. The lowest BCUT2D eigenvalue weighted by Gasteiger charge is -2.17. The molecule has 0 radical (unpaired) electrons. The van der Waals surface area contributed by atoms with Gasteiger partial charge in [-0.05, 0) is 79.3 Å². The summed E-state index contributed by atoms with van der Waals surface area (Å²) >= 11 is 0. The molecular formula is C29H30N2O3. The fourth-order valence-electron chi connectivity index (χ4n) is 4.12. The van der Waals surface area contributed by atoms with Gasteiger partial charge in [0.15, 0.2) is 0 Å². The van der Waals surface area contributed by atoms with E-state index in [0.29, 0.717) is 29.3 Å². The molecule has 5 heteroatoms. The van der Waals surface area contributed by atoms with Gasteiger partial charge in [0.05, 0.1) is 17.9 Å². The maximum Gasteiger partial charge on any atom is 0.282 e. The minimum absolute atomic E-state index is 0.272. The Bertz CT molecular complexity index is 1250. The average Bonchev–Trinajstić information content (AvgIpc) is 3.02. The second-order valence-corrected chi connectivity index (χ2v) is 9.21. The standard InChI is InChI=1S/C29H30N2O3/c1-18(2)17-34-24-12-10-22(11-13-24)26-27(30-23-15-19(3)14-20(4)16-23)29(33)31(28(26)32)25-9-7-6-8-21(25)5/h6-16,18,30H,17H2,1-5H3. The van der Waals surface area contributed by atoms with Crippen LogP contribution in [0.15, 0.2) is 72.4 Å². The number of nitrogens with zero attached hydrogens (tertiary/aromatic N) is 1. The van der Waals surface area contributed by atoms with Crippen LogP contribution in [0.5, 0.6) is 5.75 Å². The van der Waals surface area contributed by atoms with E-state index in [1.165, 1.54) is 4.90 Å². The number of carbonyl (C=O) groups excluding carboxylic acids is 2. The summed E-state index contributed by atoms with van der Waals surface area (Å²) in [4.78, 5) is 28.6. The van der Waals surface area contributed by atoms with Crippen LogP contribution in [0, 0.1) is 26.7 Å². The Morgan fingerprint density at radius 2 is 1.50 bits per heavy atom. The Hall–Kier alpha value is -3.86. The molecule has 0 atom stereocenters. The Labute approximate surface area is 201 Å². The number of imide groups is 1. The monoisotopic (exact) mass is 454 g/mol. The van der Waals surface area contributed by atoms with Crippen LogP contribution in [0.3, 0.4) is 0 Å². The van der Waals surface area contributed by atoms with Crippen molar-refractivity contribution in [2.45, 2.75) is 34.6 Å². The number of carbonyl (C=O) groups is 2. The summed E-state index contributed by atoms with van der Waals surface area (Å²) in [5.74, 6) is 0.428. The van der Waals surface area contributed by atoms with Crippen LogP contribution in [0.4, 0.5) is 11.4 Å². The Kier molecular flexibility index (Phi) is 6.55. The van der Waals surface area contributed by atoms with Crippen molar-refractivity contribution in [2.75, 3.05) is 16.8 Å². The highest BCUT2D eigenvalue weighted by atomic mass is 16.5. The van der Waals surface area contributed by atoms with Gasteiger partial charge < -0.3 is 10.1 Å². The van der Waals surface area contributed by atoms with Crippen molar-refractivity contribution in [2.24, 2.45) is 5.92 Å². The van der Waals surface area contributed by atoms with E-state index < -0.39 is 0 Å². The quantitative estimate of drug-likeness (QED) is 0.442. The smallest absolute Gasteiger partial charge is 0.282 e. The third-order valence-electron chi connectivity index (χ3n) is 5.66. The van der Waals surface area contributed by atoms with Gasteiger partial charge in [-0.15, -0.1) is 0 Å². The molecule has 0 spiro atoms. The molecule has 34 heavy (non-hydrogen) atoms. The molecule has 0 aromatic heterocycles. The van der Waals surface area contributed by atoms with Crippen LogP contribution in [-0.4, -0.2) is 18.4 Å². The van der Waals surface area contributed by atoms with Gasteiger partial charge in [-0.2, -0.15) is 0 Å². The lowest BCUT2D eigenvalue weighted by molar-refractivity contribution is -0.120. The van der Waals surface area contributed by atoms with Crippen LogP contribution in [0.1, 0.15) is 36.1 Å². The summed E-state index contributed by atoms with van der Waals surface area (Å²) in [6.07, 6.45) is 0. The minimum Gasteiger partial charge on any atom is -0.493 e. The molecule has 0 bridgehead atoms. The Balaban J connectivity index is 1.77. The van der Waals surface area contributed by atoms with E-state index in [9.17, 15) is 9.59 Å². The number of benzene rings is 3. The molecule has 1 heterocycles. The molecular weight excluding hydrogens is 424 g/mol. The second kappa shape index (κ2) is 9.56. The minimum atomic E-state index is -0.367. The molecule has 0 aliphatic carbocycles. The molecule has 0 fully saturated rings. The maximum atomic E-state index is 13.7. The number of para-hydroxylation sites is 1. The summed E-state index contributed by atoms with van der Waals surface area (Å²) < 4.78 is 5.79. The number of hydrogen-bond donors (Lipinski definition) is 1. The predicted octanol–water partition coefficient (Wildman–Crippen LogP) is 6.04. The number of amides is 2. The van der Waals surface area contributed by atoms with Crippen molar-refractivity contribution in [1.29, 1.82) is 0 Å². The molecule has 4 rings (SSSR count). The first kappa shape index (κ1) is 23.3. The van der Waals surface area contributed by atoms with Gasteiger partial charge in [0, 0.05) is 5.69 Å². The summed E-state index contributed by atoms with van der Waals surface area (Å²) in [5, 5.41) is 3.26. The van der Waals surface area contributed by atoms with E-state index in [2.05, 4.69) is 25.2 Å². The molecule has 2 amide bonds. The third-order valence-corrected chi connectivity index (χ3v) is 5.66. The van der Waals surface area contributed by atoms with E-state index in [1.54, 1.807) is 6.07 Å². The van der Waals surface area contributed by atoms with E-state index in [4.69, 9.17) is 4.74 Å². The average molecular weight is 455 g/mol. The Morgan fingerprint density at radius 1 is 0.853 bits per heavy atom. The molecule has 1 aliphatic heterocycles. The number of nitrogens with one attached hydrogen (secondary N) is 1. The van der Waals surface area contributed by atoms with Gasteiger partial charge in [0.2, 0.25) is 0 Å². The van der Waals surface area contributed by atoms with Crippen molar-refractivity contribution < 1.29 is 14.3 Å². The highest BCUT2D eigenvalue weighted by molar-refractivity contribution is 6.46. The van der Waals surface area contributed by atoms with Crippen molar-refractivity contribution in [3.05, 3.63) is 94.7 Å². The molecule has 5 nitrogen and oxygen atoms in total. The van der Waals surface area contributed by atoms with Crippen molar-refractivity contribution in [1.82, 2.24) is 0 Å². The van der Waals surface area contributed by atoms with E-state index >= 15 is 0 Å². The van der Waals surface area contributed by atoms with Gasteiger partial charge in [-0.25, -0.2) is 4.90 Å².